The van der Waals surface area contributed by atoms with Gasteiger partial charge in [-0.05, 0) is 65.2 Å². The minimum absolute atomic E-state index is 0.0678. The summed E-state index contributed by atoms with van der Waals surface area (Å²) in [5, 5.41) is 0. The van der Waals surface area contributed by atoms with E-state index in [1.807, 2.05) is 0 Å². The molecule has 0 aliphatic heterocycles. The molecular weight excluding hydrogens is 400 g/mol. The molecule has 3 aromatic rings. The molecular formula is C32H38O. The van der Waals surface area contributed by atoms with E-state index in [1.165, 1.54) is 35.1 Å². The first-order valence-corrected chi connectivity index (χ1v) is 12.6. The topological polar surface area (TPSA) is 17.1 Å². The van der Waals surface area contributed by atoms with Gasteiger partial charge in [0.1, 0.15) is 0 Å². The van der Waals surface area contributed by atoms with E-state index < -0.39 is 0 Å². The Balaban J connectivity index is 1.73. The highest BCUT2D eigenvalue weighted by atomic mass is 16.1. The second-order valence-corrected chi connectivity index (χ2v) is 10.9. The standard InChI is InChI=1S/C32H38O/c1-5-6-12-23-17-19-25(20-18-23)31(33)28(21-24-13-8-7-9-14-24)30-27-16-11-10-15-26(27)22-29(30)32(2,3)4/h7-11,13-20,28-30H,5-6,12,21-22H2,1-4H3. The summed E-state index contributed by atoms with van der Waals surface area (Å²) < 4.78 is 0. The van der Waals surface area contributed by atoms with E-state index in [9.17, 15) is 4.79 Å². The van der Waals surface area contributed by atoms with Crippen LogP contribution in [0.5, 0.6) is 0 Å². The number of hydrogen-bond donors (Lipinski definition) is 0. The number of carbonyl (C=O) groups excluding carboxylic acids is 1. The summed E-state index contributed by atoms with van der Waals surface area (Å²) in [4.78, 5) is 14.1. The zero-order valence-electron chi connectivity index (χ0n) is 20.7. The molecule has 0 radical (unpaired) electrons. The summed E-state index contributed by atoms with van der Waals surface area (Å²) in [5.74, 6) is 0.892. The number of aryl methyl sites for hydroxylation is 1. The highest BCUT2D eigenvalue weighted by molar-refractivity contribution is 5.98. The number of carbonyl (C=O) groups is 1. The number of rotatable bonds is 8. The summed E-state index contributed by atoms with van der Waals surface area (Å²) in [7, 11) is 0. The molecule has 172 valence electrons. The Morgan fingerprint density at radius 1 is 0.879 bits per heavy atom. The maximum atomic E-state index is 14.1. The number of fused-ring (bicyclic) bond motifs is 1. The van der Waals surface area contributed by atoms with Crippen molar-refractivity contribution in [1.82, 2.24) is 0 Å². The zero-order valence-corrected chi connectivity index (χ0v) is 20.7. The van der Waals surface area contributed by atoms with Crippen LogP contribution in [0, 0.1) is 17.3 Å². The Bertz CT molecular complexity index is 1060. The lowest BCUT2D eigenvalue weighted by molar-refractivity contribution is 0.0840. The smallest absolute Gasteiger partial charge is 0.166 e. The van der Waals surface area contributed by atoms with Gasteiger partial charge < -0.3 is 0 Å². The predicted molar refractivity (Wildman–Crippen MR) is 139 cm³/mol. The largest absolute Gasteiger partial charge is 0.294 e. The minimum atomic E-state index is -0.0678. The average molecular weight is 439 g/mol. The average Bonchev–Trinajstić information content (AvgIpc) is 3.22. The van der Waals surface area contributed by atoms with E-state index in [0.29, 0.717) is 5.92 Å². The molecule has 3 unspecified atom stereocenters. The van der Waals surface area contributed by atoms with Crippen LogP contribution in [-0.2, 0) is 19.3 Å². The van der Waals surface area contributed by atoms with E-state index in [-0.39, 0.29) is 23.0 Å². The molecule has 1 aliphatic carbocycles. The van der Waals surface area contributed by atoms with Gasteiger partial charge in [0.15, 0.2) is 5.78 Å². The van der Waals surface area contributed by atoms with Crippen LogP contribution in [0.15, 0.2) is 78.9 Å². The Hall–Kier alpha value is -2.67. The van der Waals surface area contributed by atoms with Gasteiger partial charge in [-0.1, -0.05) is 113 Å². The molecule has 0 saturated heterocycles. The predicted octanol–water partition coefficient (Wildman–Crippen LogP) is 8.07. The number of hydrogen-bond acceptors (Lipinski definition) is 1. The molecule has 0 bridgehead atoms. The lowest BCUT2D eigenvalue weighted by Crippen LogP contribution is -2.33. The second kappa shape index (κ2) is 10.1. The quantitative estimate of drug-likeness (QED) is 0.325. The van der Waals surface area contributed by atoms with Crippen molar-refractivity contribution in [2.75, 3.05) is 0 Å². The molecule has 1 nitrogen and oxygen atoms in total. The second-order valence-electron chi connectivity index (χ2n) is 10.9. The van der Waals surface area contributed by atoms with E-state index in [2.05, 4.69) is 107 Å². The first kappa shape index (κ1) is 23.5. The molecule has 4 rings (SSSR count). The normalized spacial score (nSPS) is 18.7. The van der Waals surface area contributed by atoms with E-state index in [4.69, 9.17) is 0 Å². The number of ketones is 1. The fourth-order valence-electron chi connectivity index (χ4n) is 5.65. The van der Waals surface area contributed by atoms with Crippen molar-refractivity contribution < 1.29 is 4.79 Å². The van der Waals surface area contributed by atoms with Gasteiger partial charge in [0.25, 0.3) is 0 Å². The molecule has 0 heterocycles. The third-order valence-corrected chi connectivity index (χ3v) is 7.53. The van der Waals surface area contributed by atoms with Gasteiger partial charge in [-0.25, -0.2) is 0 Å². The maximum absolute atomic E-state index is 14.1. The zero-order chi connectivity index (χ0) is 23.4. The highest BCUT2D eigenvalue weighted by Crippen LogP contribution is 2.51. The van der Waals surface area contributed by atoms with Crippen molar-refractivity contribution in [2.45, 2.75) is 65.7 Å². The van der Waals surface area contributed by atoms with Crippen LogP contribution in [0.3, 0.4) is 0 Å². The molecule has 0 N–H and O–H groups in total. The Kier molecular flexibility index (Phi) is 7.17. The van der Waals surface area contributed by atoms with Crippen LogP contribution in [0.4, 0.5) is 0 Å². The Morgan fingerprint density at radius 2 is 1.55 bits per heavy atom. The van der Waals surface area contributed by atoms with Crippen LogP contribution in [0.25, 0.3) is 0 Å². The molecule has 0 spiro atoms. The molecule has 3 aromatic carbocycles. The van der Waals surface area contributed by atoms with Gasteiger partial charge in [-0.15, -0.1) is 0 Å². The molecule has 1 aliphatic rings. The van der Waals surface area contributed by atoms with Crippen molar-refractivity contribution in [3.63, 3.8) is 0 Å². The molecule has 3 atom stereocenters. The summed E-state index contributed by atoms with van der Waals surface area (Å²) in [5.41, 5.74) is 6.35. The third-order valence-electron chi connectivity index (χ3n) is 7.53. The Labute approximate surface area is 200 Å². The van der Waals surface area contributed by atoms with Gasteiger partial charge in [0.2, 0.25) is 0 Å². The van der Waals surface area contributed by atoms with Crippen LogP contribution < -0.4 is 0 Å². The summed E-state index contributed by atoms with van der Waals surface area (Å²) in [6, 6.07) is 27.8. The third kappa shape index (κ3) is 5.29. The first-order valence-electron chi connectivity index (χ1n) is 12.6. The van der Waals surface area contributed by atoms with Crippen LogP contribution in [0.2, 0.25) is 0 Å². The highest BCUT2D eigenvalue weighted by Gasteiger charge is 2.45. The van der Waals surface area contributed by atoms with Gasteiger partial charge in [0, 0.05) is 11.5 Å². The summed E-state index contributed by atoms with van der Waals surface area (Å²) >= 11 is 0. The summed E-state index contributed by atoms with van der Waals surface area (Å²) in [6.07, 6.45) is 5.30. The van der Waals surface area contributed by atoms with Gasteiger partial charge in [-0.3, -0.25) is 4.79 Å². The van der Waals surface area contributed by atoms with E-state index in [0.717, 1.165) is 24.8 Å². The molecule has 0 saturated carbocycles. The lowest BCUT2D eigenvalue weighted by Gasteiger charge is -2.37. The van der Waals surface area contributed by atoms with Crippen LogP contribution >= 0.6 is 0 Å². The number of unbranched alkanes of at least 4 members (excludes halogenated alkanes) is 1. The molecule has 0 amide bonds. The van der Waals surface area contributed by atoms with Crippen molar-refractivity contribution >= 4 is 5.78 Å². The molecule has 33 heavy (non-hydrogen) atoms. The van der Waals surface area contributed by atoms with Gasteiger partial charge >= 0.3 is 0 Å². The van der Waals surface area contributed by atoms with Gasteiger partial charge in [0.05, 0.1) is 0 Å². The van der Waals surface area contributed by atoms with Crippen molar-refractivity contribution in [3.8, 4) is 0 Å². The van der Waals surface area contributed by atoms with E-state index >= 15 is 0 Å². The fourth-order valence-corrected chi connectivity index (χ4v) is 5.65. The fraction of sp³-hybridized carbons (Fsp3) is 0.406. The number of benzene rings is 3. The monoisotopic (exact) mass is 438 g/mol. The summed E-state index contributed by atoms with van der Waals surface area (Å²) in [6.45, 7) is 9.23. The maximum Gasteiger partial charge on any atom is 0.166 e. The van der Waals surface area contributed by atoms with E-state index in [1.54, 1.807) is 0 Å². The molecule has 1 heteroatoms. The first-order chi connectivity index (χ1) is 15.9. The van der Waals surface area contributed by atoms with Crippen molar-refractivity contribution in [2.24, 2.45) is 17.3 Å². The minimum Gasteiger partial charge on any atom is -0.294 e. The van der Waals surface area contributed by atoms with Crippen molar-refractivity contribution in [1.29, 1.82) is 0 Å². The van der Waals surface area contributed by atoms with Crippen molar-refractivity contribution in [3.05, 3.63) is 107 Å². The van der Waals surface area contributed by atoms with Gasteiger partial charge in [-0.2, -0.15) is 0 Å². The van der Waals surface area contributed by atoms with Crippen LogP contribution in [-0.4, -0.2) is 5.78 Å². The molecule has 0 fully saturated rings. The number of Topliss-reactive ketones (excluding diaryl/α,β-unsaturated/α-hetero) is 1. The van der Waals surface area contributed by atoms with Crippen LogP contribution in [0.1, 0.15) is 79.1 Å². The Morgan fingerprint density at radius 3 is 2.21 bits per heavy atom. The molecule has 0 aromatic heterocycles. The SMILES string of the molecule is CCCCc1ccc(C(=O)C(Cc2ccccc2)C2c3ccccc3CC2C(C)(C)C)cc1. The lowest BCUT2D eigenvalue weighted by atomic mass is 9.66.